The zero-order valence-corrected chi connectivity index (χ0v) is 13.7. The molecule has 0 aliphatic heterocycles. The third-order valence-electron chi connectivity index (χ3n) is 2.90. The second-order valence-electron chi connectivity index (χ2n) is 4.35. The van der Waals surface area contributed by atoms with E-state index >= 15 is 0 Å². The number of carboxylic acid groups (broad SMARTS) is 1. The highest BCUT2D eigenvalue weighted by Gasteiger charge is 2.10. The summed E-state index contributed by atoms with van der Waals surface area (Å²) in [6, 6.07) is 12.5. The SMILES string of the molecule is CCC(=O)c1ccc(Sc2ccc(Br)c(C(=O)O)c2)cc1. The quantitative estimate of drug-likeness (QED) is 0.767. The number of hydrogen-bond acceptors (Lipinski definition) is 3. The molecule has 0 fully saturated rings. The standard InChI is InChI=1S/C16H13BrO3S/c1-2-15(18)10-3-5-11(6-4-10)21-12-7-8-14(17)13(9-12)16(19)20/h3-9H,2H2,1H3,(H,19,20). The lowest BCUT2D eigenvalue weighted by molar-refractivity contribution is 0.0695. The van der Waals surface area contributed by atoms with Crippen LogP contribution >= 0.6 is 27.7 Å². The lowest BCUT2D eigenvalue weighted by Gasteiger charge is -2.05. The highest BCUT2D eigenvalue weighted by atomic mass is 79.9. The monoisotopic (exact) mass is 364 g/mol. The lowest BCUT2D eigenvalue weighted by Crippen LogP contribution is -1.97. The molecule has 0 unspecified atom stereocenters. The molecule has 2 aromatic rings. The molecule has 0 aliphatic rings. The summed E-state index contributed by atoms with van der Waals surface area (Å²) in [5, 5.41) is 9.10. The van der Waals surface area contributed by atoms with Gasteiger partial charge < -0.3 is 5.11 Å². The first-order valence-corrected chi connectivity index (χ1v) is 7.96. The molecule has 5 heteroatoms. The molecule has 0 atom stereocenters. The number of carbonyl (C=O) groups excluding carboxylic acids is 1. The molecule has 0 amide bonds. The summed E-state index contributed by atoms with van der Waals surface area (Å²) in [5.74, 6) is -0.850. The Morgan fingerprint density at radius 2 is 1.71 bits per heavy atom. The molecule has 2 rings (SSSR count). The first-order chi connectivity index (χ1) is 10.0. The molecule has 0 saturated heterocycles. The number of benzene rings is 2. The molecule has 1 N–H and O–H groups in total. The van der Waals surface area contributed by atoms with Crippen molar-refractivity contribution in [2.45, 2.75) is 23.1 Å². The summed E-state index contributed by atoms with van der Waals surface area (Å²) in [5.41, 5.74) is 0.932. The van der Waals surface area contributed by atoms with Gasteiger partial charge in [-0.15, -0.1) is 0 Å². The fourth-order valence-electron chi connectivity index (χ4n) is 1.78. The molecular formula is C16H13BrO3S. The van der Waals surface area contributed by atoms with Gasteiger partial charge in [0.1, 0.15) is 0 Å². The molecule has 3 nitrogen and oxygen atoms in total. The van der Waals surface area contributed by atoms with Crippen LogP contribution in [-0.4, -0.2) is 16.9 Å². The average molecular weight is 365 g/mol. The number of aromatic carboxylic acids is 1. The van der Waals surface area contributed by atoms with E-state index in [2.05, 4.69) is 15.9 Å². The highest BCUT2D eigenvalue weighted by molar-refractivity contribution is 9.10. The molecule has 0 heterocycles. The van der Waals surface area contributed by atoms with E-state index in [4.69, 9.17) is 5.11 Å². The number of carbonyl (C=O) groups is 2. The molecule has 0 saturated carbocycles. The first-order valence-electron chi connectivity index (χ1n) is 6.35. The topological polar surface area (TPSA) is 54.4 Å². The van der Waals surface area contributed by atoms with Gasteiger partial charge in [-0.1, -0.05) is 30.8 Å². The number of ketones is 1. The second-order valence-corrected chi connectivity index (χ2v) is 6.35. The van der Waals surface area contributed by atoms with Crippen molar-refractivity contribution in [1.82, 2.24) is 0 Å². The Kier molecular flexibility index (Phi) is 5.20. The molecule has 108 valence electrons. The van der Waals surface area contributed by atoms with Crippen LogP contribution in [0.15, 0.2) is 56.7 Å². The van der Waals surface area contributed by atoms with E-state index in [0.717, 1.165) is 9.79 Å². The summed E-state index contributed by atoms with van der Waals surface area (Å²) < 4.78 is 0.559. The smallest absolute Gasteiger partial charge is 0.336 e. The summed E-state index contributed by atoms with van der Waals surface area (Å²) >= 11 is 4.68. The minimum absolute atomic E-state index is 0.114. The van der Waals surface area contributed by atoms with Gasteiger partial charge in [0.25, 0.3) is 0 Å². The minimum Gasteiger partial charge on any atom is -0.478 e. The summed E-state index contributed by atoms with van der Waals surface area (Å²) in [7, 11) is 0. The van der Waals surface area contributed by atoms with E-state index < -0.39 is 5.97 Å². The predicted octanol–water partition coefficient (Wildman–Crippen LogP) is 4.89. The minimum atomic E-state index is -0.965. The van der Waals surface area contributed by atoms with E-state index in [1.54, 1.807) is 24.3 Å². The predicted molar refractivity (Wildman–Crippen MR) is 86.3 cm³/mol. The van der Waals surface area contributed by atoms with Crippen molar-refractivity contribution in [2.75, 3.05) is 0 Å². The van der Waals surface area contributed by atoms with E-state index in [0.29, 0.717) is 16.5 Å². The van der Waals surface area contributed by atoms with Gasteiger partial charge in [0, 0.05) is 26.2 Å². The molecule has 0 radical (unpaired) electrons. The summed E-state index contributed by atoms with van der Waals surface area (Å²) in [6.07, 6.45) is 0.487. The van der Waals surface area contributed by atoms with Crippen LogP contribution in [0.5, 0.6) is 0 Å². The number of rotatable bonds is 5. The van der Waals surface area contributed by atoms with Crippen LogP contribution in [0.25, 0.3) is 0 Å². The number of carboxylic acids is 1. The van der Waals surface area contributed by atoms with Gasteiger partial charge in [-0.05, 0) is 46.3 Å². The van der Waals surface area contributed by atoms with Crippen LogP contribution in [0, 0.1) is 0 Å². The van der Waals surface area contributed by atoms with Crippen LogP contribution < -0.4 is 0 Å². The van der Waals surface area contributed by atoms with Crippen molar-refractivity contribution in [3.8, 4) is 0 Å². The molecule has 0 spiro atoms. The van der Waals surface area contributed by atoms with Crippen molar-refractivity contribution < 1.29 is 14.7 Å². The van der Waals surface area contributed by atoms with E-state index in [9.17, 15) is 9.59 Å². The maximum atomic E-state index is 11.6. The normalized spacial score (nSPS) is 10.4. The van der Waals surface area contributed by atoms with Crippen LogP contribution in [0.3, 0.4) is 0 Å². The third-order valence-corrected chi connectivity index (χ3v) is 4.59. The Labute approximate surface area is 135 Å². The maximum Gasteiger partial charge on any atom is 0.336 e. The van der Waals surface area contributed by atoms with Crippen molar-refractivity contribution in [3.05, 3.63) is 58.1 Å². The Morgan fingerprint density at radius 1 is 1.10 bits per heavy atom. The summed E-state index contributed by atoms with van der Waals surface area (Å²) in [6.45, 7) is 1.83. The fourth-order valence-corrected chi connectivity index (χ4v) is 3.05. The van der Waals surface area contributed by atoms with Crippen molar-refractivity contribution in [1.29, 1.82) is 0 Å². The van der Waals surface area contributed by atoms with Crippen LogP contribution in [0.4, 0.5) is 0 Å². The number of halogens is 1. The fraction of sp³-hybridized carbons (Fsp3) is 0.125. The van der Waals surface area contributed by atoms with Gasteiger partial charge in [0.2, 0.25) is 0 Å². The Balaban J connectivity index is 2.20. The van der Waals surface area contributed by atoms with Crippen molar-refractivity contribution in [3.63, 3.8) is 0 Å². The zero-order valence-electron chi connectivity index (χ0n) is 11.3. The molecule has 2 aromatic carbocycles. The van der Waals surface area contributed by atoms with E-state index in [1.165, 1.54) is 11.8 Å². The van der Waals surface area contributed by atoms with Crippen molar-refractivity contribution in [2.24, 2.45) is 0 Å². The van der Waals surface area contributed by atoms with Crippen LogP contribution in [0.1, 0.15) is 34.1 Å². The number of Topliss-reactive ketones (excluding diaryl/α,β-unsaturated/α-hetero) is 1. The second kappa shape index (κ2) is 6.91. The van der Waals surface area contributed by atoms with Crippen LogP contribution in [-0.2, 0) is 0 Å². The van der Waals surface area contributed by atoms with Crippen molar-refractivity contribution >= 4 is 39.4 Å². The Bertz CT molecular complexity index is 680. The Morgan fingerprint density at radius 3 is 2.29 bits per heavy atom. The zero-order chi connectivity index (χ0) is 15.4. The van der Waals surface area contributed by atoms with Gasteiger partial charge in [-0.2, -0.15) is 0 Å². The largest absolute Gasteiger partial charge is 0.478 e. The highest BCUT2D eigenvalue weighted by Crippen LogP contribution is 2.31. The Hall–Kier alpha value is -1.59. The molecular weight excluding hydrogens is 352 g/mol. The summed E-state index contributed by atoms with van der Waals surface area (Å²) in [4.78, 5) is 24.5. The van der Waals surface area contributed by atoms with Crippen LogP contribution in [0.2, 0.25) is 0 Å². The maximum absolute atomic E-state index is 11.6. The van der Waals surface area contributed by atoms with E-state index in [1.807, 2.05) is 25.1 Å². The molecule has 21 heavy (non-hydrogen) atoms. The lowest BCUT2D eigenvalue weighted by atomic mass is 10.1. The number of hydrogen-bond donors (Lipinski definition) is 1. The van der Waals surface area contributed by atoms with Gasteiger partial charge in [-0.25, -0.2) is 4.79 Å². The molecule has 0 aliphatic carbocycles. The van der Waals surface area contributed by atoms with Gasteiger partial charge in [0.15, 0.2) is 5.78 Å². The first kappa shape index (κ1) is 15.8. The van der Waals surface area contributed by atoms with Gasteiger partial charge >= 0.3 is 5.97 Å². The van der Waals surface area contributed by atoms with E-state index in [-0.39, 0.29) is 11.3 Å². The van der Waals surface area contributed by atoms with Gasteiger partial charge in [-0.3, -0.25) is 4.79 Å². The third kappa shape index (κ3) is 3.95. The molecule has 0 aromatic heterocycles. The average Bonchev–Trinajstić information content (AvgIpc) is 2.49. The van der Waals surface area contributed by atoms with Gasteiger partial charge in [0.05, 0.1) is 5.56 Å². The molecule has 0 bridgehead atoms.